The van der Waals surface area contributed by atoms with Crippen LogP contribution in [0.3, 0.4) is 0 Å². The first kappa shape index (κ1) is 14.6. The van der Waals surface area contributed by atoms with Gasteiger partial charge in [0.05, 0.1) is 16.9 Å². The molecule has 0 bridgehead atoms. The maximum atomic E-state index is 12.1. The second kappa shape index (κ2) is 5.67. The fraction of sp³-hybridized carbons (Fsp3) is 0.333. The molecule has 2 aromatic heterocycles. The van der Waals surface area contributed by atoms with Gasteiger partial charge in [-0.1, -0.05) is 0 Å². The number of nitrogens with zero attached hydrogens (tertiary/aromatic N) is 3. The standard InChI is InChI=1S/C9H11BrN4O3S2/c1-14-5-11-8(13-14)3-12-19(16,17)7-2-6(4-15)18-9(7)10/h2,5,12,15H,3-4H2,1H3. The first-order valence-electron chi connectivity index (χ1n) is 5.15. The molecule has 2 rings (SSSR count). The summed E-state index contributed by atoms with van der Waals surface area (Å²) in [5.74, 6) is 0.389. The summed E-state index contributed by atoms with van der Waals surface area (Å²) in [6, 6.07) is 1.43. The molecule has 0 amide bonds. The number of halogens is 1. The van der Waals surface area contributed by atoms with Crippen molar-refractivity contribution >= 4 is 37.3 Å². The Morgan fingerprint density at radius 3 is 2.84 bits per heavy atom. The van der Waals surface area contributed by atoms with Gasteiger partial charge in [-0.25, -0.2) is 18.1 Å². The maximum Gasteiger partial charge on any atom is 0.242 e. The van der Waals surface area contributed by atoms with Crippen molar-refractivity contribution in [3.05, 3.63) is 26.9 Å². The van der Waals surface area contributed by atoms with E-state index in [2.05, 4.69) is 30.7 Å². The van der Waals surface area contributed by atoms with Gasteiger partial charge in [0, 0.05) is 11.9 Å². The Bertz CT molecular complexity index is 679. The molecule has 2 N–H and O–H groups in total. The first-order chi connectivity index (χ1) is 8.92. The first-order valence-corrected chi connectivity index (χ1v) is 8.25. The van der Waals surface area contributed by atoms with Crippen LogP contribution in [0.15, 0.2) is 21.1 Å². The number of aromatic nitrogens is 3. The summed E-state index contributed by atoms with van der Waals surface area (Å²) in [5, 5.41) is 13.0. The van der Waals surface area contributed by atoms with Crippen molar-refractivity contribution in [2.75, 3.05) is 0 Å². The van der Waals surface area contributed by atoms with Crippen LogP contribution in [0.4, 0.5) is 0 Å². The number of aliphatic hydroxyl groups is 1. The lowest BCUT2D eigenvalue weighted by molar-refractivity contribution is 0.285. The normalized spacial score (nSPS) is 11.9. The summed E-state index contributed by atoms with van der Waals surface area (Å²) >= 11 is 4.36. The molecule has 0 fully saturated rings. The predicted molar refractivity (Wildman–Crippen MR) is 73.0 cm³/mol. The Labute approximate surface area is 122 Å². The zero-order valence-electron chi connectivity index (χ0n) is 9.87. The van der Waals surface area contributed by atoms with Gasteiger partial charge < -0.3 is 5.11 Å². The number of aryl methyl sites for hydroxylation is 1. The van der Waals surface area contributed by atoms with Crippen molar-refractivity contribution in [2.45, 2.75) is 18.0 Å². The van der Waals surface area contributed by atoms with Gasteiger partial charge in [-0.3, -0.25) is 4.68 Å². The van der Waals surface area contributed by atoms with Gasteiger partial charge in [0.15, 0.2) is 5.82 Å². The topological polar surface area (TPSA) is 97.1 Å². The average Bonchev–Trinajstić information content (AvgIpc) is 2.93. The van der Waals surface area contributed by atoms with Crippen LogP contribution >= 0.6 is 27.3 Å². The molecule has 104 valence electrons. The fourth-order valence-corrected chi connectivity index (χ4v) is 4.88. The Morgan fingerprint density at radius 1 is 1.58 bits per heavy atom. The van der Waals surface area contributed by atoms with Crippen molar-refractivity contribution in [3.63, 3.8) is 0 Å². The van der Waals surface area contributed by atoms with Gasteiger partial charge in [0.25, 0.3) is 0 Å². The van der Waals surface area contributed by atoms with Crippen LogP contribution in [-0.2, 0) is 30.2 Å². The van der Waals surface area contributed by atoms with Crippen molar-refractivity contribution in [1.82, 2.24) is 19.5 Å². The summed E-state index contributed by atoms with van der Waals surface area (Å²) in [5.41, 5.74) is 0. The zero-order valence-corrected chi connectivity index (χ0v) is 13.1. The second-order valence-corrected chi connectivity index (χ2v) is 7.86. The van der Waals surface area contributed by atoms with Crippen molar-refractivity contribution in [3.8, 4) is 0 Å². The fourth-order valence-electron chi connectivity index (χ4n) is 1.36. The molecule has 0 radical (unpaired) electrons. The van der Waals surface area contributed by atoms with Gasteiger partial charge in [-0.05, 0) is 22.0 Å². The Hall–Kier alpha value is -0.810. The number of hydrogen-bond acceptors (Lipinski definition) is 6. The zero-order chi connectivity index (χ0) is 14.0. The highest BCUT2D eigenvalue weighted by Crippen LogP contribution is 2.31. The van der Waals surface area contributed by atoms with Gasteiger partial charge in [0.2, 0.25) is 10.0 Å². The van der Waals surface area contributed by atoms with E-state index in [4.69, 9.17) is 5.11 Å². The largest absolute Gasteiger partial charge is 0.391 e. The van der Waals surface area contributed by atoms with Crippen LogP contribution in [0.5, 0.6) is 0 Å². The molecule has 10 heteroatoms. The molecular weight excluding hydrogens is 356 g/mol. The molecule has 0 spiro atoms. The molecule has 0 aliphatic carbocycles. The van der Waals surface area contributed by atoms with E-state index in [1.807, 2.05) is 0 Å². The van der Waals surface area contributed by atoms with E-state index >= 15 is 0 Å². The third kappa shape index (κ3) is 3.39. The number of thiophene rings is 1. The van der Waals surface area contributed by atoms with Crippen LogP contribution < -0.4 is 4.72 Å². The van der Waals surface area contributed by atoms with Crippen LogP contribution in [0.25, 0.3) is 0 Å². The summed E-state index contributed by atoms with van der Waals surface area (Å²) in [6.07, 6.45) is 1.49. The van der Waals surface area contributed by atoms with Crippen LogP contribution in [0, 0.1) is 0 Å². The van der Waals surface area contributed by atoms with Crippen LogP contribution in [0.2, 0.25) is 0 Å². The average molecular weight is 367 g/mol. The van der Waals surface area contributed by atoms with E-state index in [0.717, 1.165) is 0 Å². The van der Waals surface area contributed by atoms with Crippen LogP contribution in [0.1, 0.15) is 10.7 Å². The van der Waals surface area contributed by atoms with Gasteiger partial charge >= 0.3 is 0 Å². The summed E-state index contributed by atoms with van der Waals surface area (Å²) < 4.78 is 28.5. The van der Waals surface area contributed by atoms with Gasteiger partial charge in [0.1, 0.15) is 11.2 Å². The minimum Gasteiger partial charge on any atom is -0.391 e. The molecule has 0 saturated carbocycles. The Balaban J connectivity index is 2.15. The molecule has 0 aliphatic rings. The minimum absolute atomic E-state index is 0.0138. The Morgan fingerprint density at radius 2 is 2.32 bits per heavy atom. The third-order valence-corrected chi connectivity index (χ3v) is 5.86. The van der Waals surface area contributed by atoms with Crippen LogP contribution in [-0.4, -0.2) is 28.3 Å². The van der Waals surface area contributed by atoms with E-state index < -0.39 is 10.0 Å². The molecule has 2 aromatic rings. The van der Waals surface area contributed by atoms with E-state index in [0.29, 0.717) is 14.5 Å². The monoisotopic (exact) mass is 366 g/mol. The molecule has 19 heavy (non-hydrogen) atoms. The predicted octanol–water partition coefficient (Wildman–Crippen LogP) is 0.610. The van der Waals surface area contributed by atoms with E-state index in [1.165, 1.54) is 28.4 Å². The highest BCUT2D eigenvalue weighted by Gasteiger charge is 2.21. The van der Waals surface area contributed by atoms with E-state index in [1.54, 1.807) is 7.05 Å². The summed E-state index contributed by atoms with van der Waals surface area (Å²) in [4.78, 5) is 4.61. The lowest BCUT2D eigenvalue weighted by Gasteiger charge is -2.03. The lowest BCUT2D eigenvalue weighted by Crippen LogP contribution is -2.23. The third-order valence-electron chi connectivity index (χ3n) is 2.22. The van der Waals surface area contributed by atoms with E-state index in [9.17, 15) is 8.42 Å². The Kier molecular flexibility index (Phi) is 4.36. The van der Waals surface area contributed by atoms with Gasteiger partial charge in [-0.15, -0.1) is 11.3 Å². The van der Waals surface area contributed by atoms with Crippen molar-refractivity contribution in [2.24, 2.45) is 7.05 Å². The number of nitrogens with one attached hydrogen (secondary N) is 1. The number of aliphatic hydroxyl groups excluding tert-OH is 1. The van der Waals surface area contributed by atoms with E-state index in [-0.39, 0.29) is 18.0 Å². The summed E-state index contributed by atoms with van der Waals surface area (Å²) in [7, 11) is -1.95. The van der Waals surface area contributed by atoms with Crippen molar-refractivity contribution in [1.29, 1.82) is 0 Å². The molecule has 0 saturated heterocycles. The molecule has 0 atom stereocenters. The second-order valence-electron chi connectivity index (χ2n) is 3.67. The van der Waals surface area contributed by atoms with Gasteiger partial charge in [-0.2, -0.15) is 5.10 Å². The minimum atomic E-state index is -3.66. The number of sulfonamides is 1. The lowest BCUT2D eigenvalue weighted by atomic mass is 10.5. The smallest absolute Gasteiger partial charge is 0.242 e. The molecular formula is C9H11BrN4O3S2. The number of hydrogen-bond donors (Lipinski definition) is 2. The highest BCUT2D eigenvalue weighted by molar-refractivity contribution is 9.11. The van der Waals surface area contributed by atoms with Crippen molar-refractivity contribution < 1.29 is 13.5 Å². The highest BCUT2D eigenvalue weighted by atomic mass is 79.9. The molecule has 2 heterocycles. The molecule has 7 nitrogen and oxygen atoms in total. The molecule has 0 aliphatic heterocycles. The number of rotatable bonds is 5. The summed E-state index contributed by atoms with van der Waals surface area (Å²) in [6.45, 7) is -0.180. The quantitative estimate of drug-likeness (QED) is 0.807. The molecule has 0 unspecified atom stereocenters. The molecule has 0 aromatic carbocycles. The SMILES string of the molecule is Cn1cnc(CNS(=O)(=O)c2cc(CO)sc2Br)n1. The maximum absolute atomic E-state index is 12.1.